The summed E-state index contributed by atoms with van der Waals surface area (Å²) >= 11 is 0. The van der Waals surface area contributed by atoms with Gasteiger partial charge in [0.2, 0.25) is 0 Å². The Morgan fingerprint density at radius 2 is 2.00 bits per heavy atom. The number of aryl methyl sites for hydroxylation is 1. The first kappa shape index (κ1) is 18.1. The van der Waals surface area contributed by atoms with Gasteiger partial charge in [-0.15, -0.1) is 0 Å². The lowest BCUT2D eigenvalue weighted by Gasteiger charge is -2.10. The van der Waals surface area contributed by atoms with E-state index in [0.29, 0.717) is 23.1 Å². The minimum Gasteiger partial charge on any atom is -0.385 e. The molecule has 0 amide bonds. The summed E-state index contributed by atoms with van der Waals surface area (Å²) in [5, 5.41) is 0.521. The normalized spacial score (nSPS) is 11.2. The Morgan fingerprint density at radius 1 is 1.23 bits per heavy atom. The maximum absolute atomic E-state index is 12.8. The van der Waals surface area contributed by atoms with Crippen LogP contribution in [-0.4, -0.2) is 33.6 Å². The summed E-state index contributed by atoms with van der Waals surface area (Å²) in [5.74, 6) is -0.0877. The molecule has 0 saturated carbocycles. The van der Waals surface area contributed by atoms with Crippen molar-refractivity contribution in [1.29, 1.82) is 0 Å². The molecule has 2 aromatic heterocycles. The van der Waals surface area contributed by atoms with Crippen molar-refractivity contribution in [2.45, 2.75) is 33.4 Å². The van der Waals surface area contributed by atoms with Crippen molar-refractivity contribution in [2.75, 3.05) is 13.7 Å². The van der Waals surface area contributed by atoms with E-state index in [2.05, 4.69) is 9.55 Å². The Hall–Kier alpha value is -2.73. The van der Waals surface area contributed by atoms with E-state index in [-0.39, 0.29) is 17.9 Å². The van der Waals surface area contributed by atoms with Crippen molar-refractivity contribution < 1.29 is 9.53 Å². The molecule has 6 heteroatoms. The van der Waals surface area contributed by atoms with E-state index >= 15 is 0 Å². The summed E-state index contributed by atoms with van der Waals surface area (Å²) in [5.41, 5.74) is 3.05. The first-order valence-electron chi connectivity index (χ1n) is 8.66. The minimum absolute atomic E-state index is 0.0148. The van der Waals surface area contributed by atoms with Gasteiger partial charge in [-0.25, -0.2) is 4.98 Å². The summed E-state index contributed by atoms with van der Waals surface area (Å²) in [6.45, 7) is 5.39. The molecule has 26 heavy (non-hydrogen) atoms. The number of rotatable bonds is 7. The van der Waals surface area contributed by atoms with Gasteiger partial charge >= 0.3 is 0 Å². The smallest absolute Gasteiger partial charge is 0.261 e. The molecule has 0 aliphatic carbocycles. The third kappa shape index (κ3) is 3.46. The van der Waals surface area contributed by atoms with Gasteiger partial charge in [0.05, 0.1) is 23.8 Å². The van der Waals surface area contributed by atoms with Crippen LogP contribution in [0.3, 0.4) is 0 Å². The van der Waals surface area contributed by atoms with E-state index in [4.69, 9.17) is 4.74 Å². The van der Waals surface area contributed by atoms with Crippen molar-refractivity contribution in [1.82, 2.24) is 14.1 Å². The second kappa shape index (κ2) is 7.66. The van der Waals surface area contributed by atoms with Crippen LogP contribution in [0.15, 0.2) is 41.5 Å². The standard InChI is InChI=1S/C20H23N3O3/c1-14-11-17(15(2)23(14)9-6-10-26-3)19(24)12-22-13-21-18-8-5-4-7-16(18)20(22)25/h4-5,7-8,11,13H,6,9-10,12H2,1-3H3. The van der Waals surface area contributed by atoms with E-state index in [1.54, 1.807) is 25.3 Å². The number of aromatic nitrogens is 3. The number of fused-ring (bicyclic) bond motifs is 1. The van der Waals surface area contributed by atoms with Gasteiger partial charge in [-0.1, -0.05) is 12.1 Å². The maximum Gasteiger partial charge on any atom is 0.261 e. The van der Waals surface area contributed by atoms with Crippen LogP contribution in [0.25, 0.3) is 10.9 Å². The summed E-state index contributed by atoms with van der Waals surface area (Å²) < 4.78 is 8.60. The number of hydrogen-bond donors (Lipinski definition) is 0. The molecule has 136 valence electrons. The molecule has 6 nitrogen and oxygen atoms in total. The van der Waals surface area contributed by atoms with Crippen LogP contribution in [0.5, 0.6) is 0 Å². The highest BCUT2D eigenvalue weighted by Crippen LogP contribution is 2.17. The zero-order valence-corrected chi connectivity index (χ0v) is 15.4. The second-order valence-electron chi connectivity index (χ2n) is 6.40. The van der Waals surface area contributed by atoms with Gasteiger partial charge in [-0.05, 0) is 38.5 Å². The summed E-state index contributed by atoms with van der Waals surface area (Å²) in [4.78, 5) is 29.6. The van der Waals surface area contributed by atoms with Crippen LogP contribution in [-0.2, 0) is 17.8 Å². The molecule has 1 aromatic carbocycles. The molecule has 0 bridgehead atoms. The molecule has 0 spiro atoms. The number of Topliss-reactive ketones (excluding diaryl/α,β-unsaturated/α-hetero) is 1. The fraction of sp³-hybridized carbons (Fsp3) is 0.350. The topological polar surface area (TPSA) is 66.1 Å². The third-order valence-corrected chi connectivity index (χ3v) is 4.65. The zero-order valence-electron chi connectivity index (χ0n) is 15.4. The molecule has 0 unspecified atom stereocenters. The van der Waals surface area contributed by atoms with Gasteiger partial charge in [0.15, 0.2) is 5.78 Å². The van der Waals surface area contributed by atoms with Gasteiger partial charge in [0.25, 0.3) is 5.56 Å². The van der Waals surface area contributed by atoms with Gasteiger partial charge in [0, 0.05) is 37.2 Å². The predicted molar refractivity (Wildman–Crippen MR) is 101 cm³/mol. The van der Waals surface area contributed by atoms with Crippen LogP contribution in [0.1, 0.15) is 28.2 Å². The summed E-state index contributed by atoms with van der Waals surface area (Å²) in [6.07, 6.45) is 2.33. The molecule has 0 radical (unpaired) electrons. The fourth-order valence-corrected chi connectivity index (χ4v) is 3.25. The molecule has 2 heterocycles. The van der Waals surface area contributed by atoms with Crippen LogP contribution in [0.2, 0.25) is 0 Å². The number of carbonyl (C=O) groups excluding carboxylic acids is 1. The molecule has 0 atom stereocenters. The average molecular weight is 353 g/mol. The number of ketones is 1. The summed E-state index contributed by atoms with van der Waals surface area (Å²) in [7, 11) is 1.68. The Kier molecular flexibility index (Phi) is 5.32. The number of ether oxygens (including phenoxy) is 1. The molecule has 0 aliphatic heterocycles. The number of benzene rings is 1. The Balaban J connectivity index is 1.86. The maximum atomic E-state index is 12.8. The molecular formula is C20H23N3O3. The first-order chi connectivity index (χ1) is 12.5. The number of para-hydroxylation sites is 1. The first-order valence-corrected chi connectivity index (χ1v) is 8.66. The van der Waals surface area contributed by atoms with E-state index in [9.17, 15) is 9.59 Å². The lowest BCUT2D eigenvalue weighted by Crippen LogP contribution is -2.25. The molecule has 3 aromatic rings. The Bertz CT molecular complexity index is 1000. The molecule has 0 N–H and O–H groups in total. The molecule has 0 saturated heterocycles. The van der Waals surface area contributed by atoms with Crippen LogP contribution in [0, 0.1) is 13.8 Å². The van der Waals surface area contributed by atoms with Crippen LogP contribution < -0.4 is 5.56 Å². The minimum atomic E-state index is -0.196. The number of methoxy groups -OCH3 is 1. The number of nitrogens with zero attached hydrogens (tertiary/aromatic N) is 3. The van der Waals surface area contributed by atoms with Gasteiger partial charge in [0.1, 0.15) is 0 Å². The Morgan fingerprint density at radius 3 is 2.77 bits per heavy atom. The highest BCUT2D eigenvalue weighted by molar-refractivity contribution is 5.97. The number of carbonyl (C=O) groups is 1. The third-order valence-electron chi connectivity index (χ3n) is 4.65. The molecule has 0 fully saturated rings. The molecule has 0 aliphatic rings. The quantitative estimate of drug-likeness (QED) is 0.484. The second-order valence-corrected chi connectivity index (χ2v) is 6.40. The van der Waals surface area contributed by atoms with Gasteiger partial charge in [-0.3, -0.25) is 14.2 Å². The largest absolute Gasteiger partial charge is 0.385 e. The van der Waals surface area contributed by atoms with Gasteiger partial charge in [-0.2, -0.15) is 0 Å². The summed E-state index contributed by atoms with van der Waals surface area (Å²) in [6, 6.07) is 9.04. The SMILES string of the molecule is COCCCn1c(C)cc(C(=O)Cn2cnc3ccccc3c2=O)c1C. The van der Waals surface area contributed by atoms with Crippen molar-refractivity contribution in [3.63, 3.8) is 0 Å². The van der Waals surface area contributed by atoms with E-state index in [0.717, 1.165) is 24.4 Å². The molecule has 3 rings (SSSR count). The van der Waals surface area contributed by atoms with Crippen molar-refractivity contribution in [3.8, 4) is 0 Å². The van der Waals surface area contributed by atoms with E-state index in [1.165, 1.54) is 10.9 Å². The fourth-order valence-electron chi connectivity index (χ4n) is 3.25. The monoisotopic (exact) mass is 353 g/mol. The van der Waals surface area contributed by atoms with E-state index in [1.807, 2.05) is 26.0 Å². The highest BCUT2D eigenvalue weighted by atomic mass is 16.5. The zero-order chi connectivity index (χ0) is 18.7. The van der Waals surface area contributed by atoms with E-state index < -0.39 is 0 Å². The van der Waals surface area contributed by atoms with Crippen LogP contribution >= 0.6 is 0 Å². The Labute approximate surface area is 152 Å². The van der Waals surface area contributed by atoms with Crippen molar-refractivity contribution in [3.05, 3.63) is 64.0 Å². The average Bonchev–Trinajstić information content (AvgIpc) is 2.92. The van der Waals surface area contributed by atoms with Crippen molar-refractivity contribution >= 4 is 16.7 Å². The molecular weight excluding hydrogens is 330 g/mol. The lowest BCUT2D eigenvalue weighted by molar-refractivity contribution is 0.0970. The van der Waals surface area contributed by atoms with Crippen molar-refractivity contribution in [2.24, 2.45) is 0 Å². The van der Waals surface area contributed by atoms with Gasteiger partial charge < -0.3 is 9.30 Å². The predicted octanol–water partition coefficient (Wildman–Crippen LogP) is 2.73. The lowest BCUT2D eigenvalue weighted by atomic mass is 10.1. The van der Waals surface area contributed by atoms with Crippen LogP contribution in [0.4, 0.5) is 0 Å². The highest BCUT2D eigenvalue weighted by Gasteiger charge is 2.17. The number of hydrogen-bond acceptors (Lipinski definition) is 4.